The van der Waals surface area contributed by atoms with Crippen LogP contribution in [0.4, 0.5) is 0 Å². The highest BCUT2D eigenvalue weighted by Crippen LogP contribution is 2.28. The van der Waals surface area contributed by atoms with Crippen LogP contribution >= 0.6 is 0 Å². The predicted molar refractivity (Wildman–Crippen MR) is 83.4 cm³/mol. The summed E-state index contributed by atoms with van der Waals surface area (Å²) in [6, 6.07) is 5.45. The lowest BCUT2D eigenvalue weighted by molar-refractivity contribution is -0.131. The van der Waals surface area contributed by atoms with E-state index in [0.29, 0.717) is 36.1 Å². The van der Waals surface area contributed by atoms with Crippen molar-refractivity contribution in [2.45, 2.75) is 26.4 Å². The van der Waals surface area contributed by atoms with Gasteiger partial charge in [0.1, 0.15) is 11.5 Å². The van der Waals surface area contributed by atoms with Crippen LogP contribution in [-0.4, -0.2) is 38.5 Å². The van der Waals surface area contributed by atoms with Crippen LogP contribution in [0.2, 0.25) is 0 Å². The molecule has 1 aromatic carbocycles. The highest BCUT2D eigenvalue weighted by molar-refractivity contribution is 6.06. The summed E-state index contributed by atoms with van der Waals surface area (Å²) in [4.78, 5) is 17.3. The Morgan fingerprint density at radius 1 is 1.41 bits per heavy atom. The van der Waals surface area contributed by atoms with Gasteiger partial charge in [0.25, 0.3) is 5.91 Å². The third-order valence-electron chi connectivity index (χ3n) is 3.36. The van der Waals surface area contributed by atoms with E-state index in [0.717, 1.165) is 5.56 Å². The van der Waals surface area contributed by atoms with Crippen molar-refractivity contribution in [3.8, 4) is 11.5 Å². The number of nitrogens with one attached hydrogen (secondary N) is 1. The molecule has 1 atom stereocenters. The van der Waals surface area contributed by atoms with E-state index in [-0.39, 0.29) is 5.91 Å². The molecule has 120 valence electrons. The number of oxime groups is 1. The molecule has 0 bridgehead atoms. The van der Waals surface area contributed by atoms with Gasteiger partial charge in [-0.2, -0.15) is 0 Å². The lowest BCUT2D eigenvalue weighted by atomic mass is 10.0. The molecule has 0 saturated carbocycles. The van der Waals surface area contributed by atoms with Gasteiger partial charge in [0.15, 0.2) is 0 Å². The Balaban J connectivity index is 2.08. The minimum atomic E-state index is -0.593. The molecule has 0 unspecified atom stereocenters. The van der Waals surface area contributed by atoms with E-state index in [1.165, 1.54) is 0 Å². The SMILES string of the molecule is COc1ccc(OC)c(C2=NO[C@@H](C(=O)NCC(C)C)C2)c1. The Morgan fingerprint density at radius 2 is 2.18 bits per heavy atom. The lowest BCUT2D eigenvalue weighted by Gasteiger charge is -2.11. The van der Waals surface area contributed by atoms with Crippen molar-refractivity contribution in [3.63, 3.8) is 0 Å². The first-order valence-electron chi connectivity index (χ1n) is 7.28. The fraction of sp³-hybridized carbons (Fsp3) is 0.500. The maximum absolute atomic E-state index is 12.0. The molecule has 0 fully saturated rings. The first-order valence-corrected chi connectivity index (χ1v) is 7.28. The summed E-state index contributed by atoms with van der Waals surface area (Å²) in [5.41, 5.74) is 1.46. The molecule has 1 aliphatic heterocycles. The van der Waals surface area contributed by atoms with Crippen LogP contribution in [0.25, 0.3) is 0 Å². The van der Waals surface area contributed by atoms with E-state index in [1.807, 2.05) is 32.0 Å². The van der Waals surface area contributed by atoms with Gasteiger partial charge < -0.3 is 19.6 Å². The van der Waals surface area contributed by atoms with Crippen LogP contribution in [0.3, 0.4) is 0 Å². The Kier molecular flexibility index (Phi) is 5.25. The molecule has 1 aromatic rings. The topological polar surface area (TPSA) is 69.1 Å². The molecule has 6 nitrogen and oxygen atoms in total. The van der Waals surface area contributed by atoms with Crippen LogP contribution in [0.1, 0.15) is 25.8 Å². The summed E-state index contributed by atoms with van der Waals surface area (Å²) in [5, 5.41) is 6.89. The number of nitrogens with zero attached hydrogens (tertiary/aromatic N) is 1. The van der Waals surface area contributed by atoms with E-state index in [9.17, 15) is 4.79 Å². The van der Waals surface area contributed by atoms with Crippen LogP contribution < -0.4 is 14.8 Å². The number of hydrogen-bond donors (Lipinski definition) is 1. The number of ether oxygens (including phenoxy) is 2. The van der Waals surface area contributed by atoms with E-state index >= 15 is 0 Å². The summed E-state index contributed by atoms with van der Waals surface area (Å²) < 4.78 is 10.6. The van der Waals surface area contributed by atoms with Crippen LogP contribution in [-0.2, 0) is 9.63 Å². The lowest BCUT2D eigenvalue weighted by Crippen LogP contribution is -2.36. The number of hydrogen-bond acceptors (Lipinski definition) is 5. The summed E-state index contributed by atoms with van der Waals surface area (Å²) in [5.74, 6) is 1.62. The van der Waals surface area contributed by atoms with E-state index < -0.39 is 6.10 Å². The van der Waals surface area contributed by atoms with Crippen molar-refractivity contribution in [3.05, 3.63) is 23.8 Å². The van der Waals surface area contributed by atoms with Crippen LogP contribution in [0.5, 0.6) is 11.5 Å². The van der Waals surface area contributed by atoms with Crippen molar-refractivity contribution in [1.82, 2.24) is 5.32 Å². The molecule has 22 heavy (non-hydrogen) atoms. The number of carbonyl (C=O) groups is 1. The molecule has 0 saturated heterocycles. The molecule has 0 radical (unpaired) electrons. The van der Waals surface area contributed by atoms with E-state index in [2.05, 4.69) is 10.5 Å². The highest BCUT2D eigenvalue weighted by Gasteiger charge is 2.30. The zero-order valence-electron chi connectivity index (χ0n) is 13.4. The second-order valence-corrected chi connectivity index (χ2v) is 5.54. The molecule has 0 spiro atoms. The van der Waals surface area contributed by atoms with Crippen molar-refractivity contribution in [1.29, 1.82) is 0 Å². The van der Waals surface area contributed by atoms with Crippen molar-refractivity contribution < 1.29 is 19.1 Å². The molecule has 2 rings (SSSR count). The van der Waals surface area contributed by atoms with Crippen molar-refractivity contribution in [2.24, 2.45) is 11.1 Å². The number of carbonyl (C=O) groups excluding carboxylic acids is 1. The quantitative estimate of drug-likeness (QED) is 0.872. The molecule has 1 aliphatic rings. The average molecular weight is 306 g/mol. The predicted octanol–water partition coefficient (Wildman–Crippen LogP) is 1.97. The van der Waals surface area contributed by atoms with Crippen LogP contribution in [0.15, 0.2) is 23.4 Å². The molecule has 1 amide bonds. The fourth-order valence-electron chi connectivity index (χ4n) is 2.14. The summed E-state index contributed by atoms with van der Waals surface area (Å²) >= 11 is 0. The largest absolute Gasteiger partial charge is 0.497 e. The zero-order chi connectivity index (χ0) is 16.1. The van der Waals surface area contributed by atoms with Gasteiger partial charge in [-0.15, -0.1) is 0 Å². The first kappa shape index (κ1) is 16.1. The summed E-state index contributed by atoms with van der Waals surface area (Å²) in [6.07, 6.45) is -0.183. The maximum atomic E-state index is 12.0. The smallest absolute Gasteiger partial charge is 0.264 e. The Labute approximate surface area is 130 Å². The number of benzene rings is 1. The molecular weight excluding hydrogens is 284 g/mol. The van der Waals surface area contributed by atoms with Gasteiger partial charge in [0.2, 0.25) is 6.10 Å². The number of methoxy groups -OCH3 is 2. The molecule has 1 N–H and O–H groups in total. The third-order valence-corrected chi connectivity index (χ3v) is 3.36. The third kappa shape index (κ3) is 3.69. The summed E-state index contributed by atoms with van der Waals surface area (Å²) in [7, 11) is 3.19. The van der Waals surface area contributed by atoms with Gasteiger partial charge >= 0.3 is 0 Å². The molecular formula is C16H22N2O4. The van der Waals surface area contributed by atoms with Gasteiger partial charge in [0.05, 0.1) is 19.9 Å². The number of amides is 1. The first-order chi connectivity index (χ1) is 10.5. The molecule has 6 heteroatoms. The van der Waals surface area contributed by atoms with Crippen LogP contribution in [0, 0.1) is 5.92 Å². The highest BCUT2D eigenvalue weighted by atomic mass is 16.6. The normalized spacial score (nSPS) is 17.0. The standard InChI is InChI=1S/C16H22N2O4/c1-10(2)9-17-16(19)15-8-13(18-22-15)12-7-11(20-3)5-6-14(12)21-4/h5-7,10,15H,8-9H2,1-4H3,(H,17,19)/t15-/m1/s1. The van der Waals surface area contributed by atoms with E-state index in [1.54, 1.807) is 14.2 Å². The Bertz CT molecular complexity index is 569. The molecule has 1 heterocycles. The second-order valence-electron chi connectivity index (χ2n) is 5.54. The van der Waals surface area contributed by atoms with Gasteiger partial charge in [-0.05, 0) is 24.1 Å². The molecule has 0 aromatic heterocycles. The maximum Gasteiger partial charge on any atom is 0.264 e. The van der Waals surface area contributed by atoms with Gasteiger partial charge in [0, 0.05) is 18.5 Å². The minimum absolute atomic E-state index is 0.144. The monoisotopic (exact) mass is 306 g/mol. The van der Waals surface area contributed by atoms with Gasteiger partial charge in [-0.25, -0.2) is 0 Å². The second kappa shape index (κ2) is 7.15. The number of rotatable bonds is 6. The average Bonchev–Trinajstić information content (AvgIpc) is 3.01. The fourth-order valence-corrected chi connectivity index (χ4v) is 2.14. The van der Waals surface area contributed by atoms with E-state index in [4.69, 9.17) is 14.3 Å². The zero-order valence-corrected chi connectivity index (χ0v) is 13.4. The Hall–Kier alpha value is -2.24. The Morgan fingerprint density at radius 3 is 2.82 bits per heavy atom. The van der Waals surface area contributed by atoms with Gasteiger partial charge in [-0.3, -0.25) is 4.79 Å². The minimum Gasteiger partial charge on any atom is -0.497 e. The summed E-state index contributed by atoms with van der Waals surface area (Å²) in [6.45, 7) is 4.70. The van der Waals surface area contributed by atoms with Crippen molar-refractivity contribution >= 4 is 11.6 Å². The van der Waals surface area contributed by atoms with Crippen molar-refractivity contribution in [2.75, 3.05) is 20.8 Å². The molecule has 0 aliphatic carbocycles. The van der Waals surface area contributed by atoms with Gasteiger partial charge in [-0.1, -0.05) is 19.0 Å².